The maximum atomic E-state index is 14.3. The number of sulfonamides is 1. The fourth-order valence-corrected chi connectivity index (χ4v) is 5.73. The van der Waals surface area contributed by atoms with E-state index in [0.29, 0.717) is 42.6 Å². The Labute approximate surface area is 172 Å². The first-order chi connectivity index (χ1) is 13.4. The van der Waals surface area contributed by atoms with Crippen molar-refractivity contribution in [3.05, 3.63) is 57.8 Å². The monoisotopic (exact) mass is 466 g/mol. The van der Waals surface area contributed by atoms with Crippen LogP contribution in [0.2, 0.25) is 0 Å². The Morgan fingerprint density at radius 2 is 1.75 bits per heavy atom. The average Bonchev–Trinajstić information content (AvgIpc) is 3.22. The Morgan fingerprint density at radius 1 is 1.00 bits per heavy atom. The van der Waals surface area contributed by atoms with Crippen LogP contribution in [-0.4, -0.2) is 38.3 Å². The molecular formula is C20H20BrFN2O3S. The molecule has 2 aromatic rings. The molecule has 1 amide bonds. The number of hydrogen-bond donors (Lipinski definition) is 0. The van der Waals surface area contributed by atoms with Crippen LogP contribution in [0.15, 0.2) is 45.8 Å². The summed E-state index contributed by atoms with van der Waals surface area (Å²) in [6.45, 7) is 1.57. The zero-order chi connectivity index (χ0) is 19.9. The number of carbonyl (C=O) groups is 1. The van der Waals surface area contributed by atoms with E-state index in [-0.39, 0.29) is 10.5 Å². The van der Waals surface area contributed by atoms with Gasteiger partial charge in [-0.1, -0.05) is 15.9 Å². The molecule has 5 nitrogen and oxygen atoms in total. The van der Waals surface area contributed by atoms with Crippen LogP contribution in [-0.2, 0) is 16.4 Å². The summed E-state index contributed by atoms with van der Waals surface area (Å²) < 4.78 is 42.0. The number of anilines is 1. The third-order valence-electron chi connectivity index (χ3n) is 5.28. The predicted octanol–water partition coefficient (Wildman–Crippen LogP) is 3.97. The van der Waals surface area contributed by atoms with E-state index in [9.17, 15) is 17.6 Å². The smallest absolute Gasteiger partial charge is 0.261 e. The molecule has 0 atom stereocenters. The van der Waals surface area contributed by atoms with Crippen LogP contribution in [0, 0.1) is 5.82 Å². The van der Waals surface area contributed by atoms with Gasteiger partial charge < -0.3 is 4.90 Å². The van der Waals surface area contributed by atoms with E-state index < -0.39 is 21.7 Å². The van der Waals surface area contributed by atoms with Gasteiger partial charge in [-0.15, -0.1) is 0 Å². The molecule has 0 aliphatic carbocycles. The van der Waals surface area contributed by atoms with Gasteiger partial charge in [0.2, 0.25) is 10.0 Å². The topological polar surface area (TPSA) is 57.7 Å². The summed E-state index contributed by atoms with van der Waals surface area (Å²) in [6.07, 6.45) is 3.14. The second kappa shape index (κ2) is 7.57. The number of aryl methyl sites for hydroxylation is 1. The average molecular weight is 467 g/mol. The molecule has 0 saturated carbocycles. The van der Waals surface area contributed by atoms with E-state index in [1.54, 1.807) is 24.3 Å². The van der Waals surface area contributed by atoms with Gasteiger partial charge in [0.05, 0.1) is 10.5 Å². The summed E-state index contributed by atoms with van der Waals surface area (Å²) in [5.41, 5.74) is 1.46. The van der Waals surface area contributed by atoms with Crippen molar-refractivity contribution in [3.8, 4) is 0 Å². The third kappa shape index (κ3) is 3.49. The molecule has 0 bridgehead atoms. The van der Waals surface area contributed by atoms with Gasteiger partial charge in [-0.2, -0.15) is 4.31 Å². The predicted molar refractivity (Wildman–Crippen MR) is 109 cm³/mol. The Kier molecular flexibility index (Phi) is 5.28. The molecule has 0 N–H and O–H groups in total. The summed E-state index contributed by atoms with van der Waals surface area (Å²) in [6, 6.07) is 9.25. The maximum absolute atomic E-state index is 14.3. The van der Waals surface area contributed by atoms with Crippen LogP contribution in [0.5, 0.6) is 0 Å². The summed E-state index contributed by atoms with van der Waals surface area (Å²) in [4.78, 5) is 14.7. The van der Waals surface area contributed by atoms with Crippen molar-refractivity contribution in [3.63, 3.8) is 0 Å². The van der Waals surface area contributed by atoms with Gasteiger partial charge in [0.15, 0.2) is 0 Å². The zero-order valence-electron chi connectivity index (χ0n) is 15.2. The molecule has 4 rings (SSSR count). The second-order valence-corrected chi connectivity index (χ2v) is 9.94. The number of halogens is 2. The fraction of sp³-hybridized carbons (Fsp3) is 0.350. The first-order valence-corrected chi connectivity index (χ1v) is 11.5. The van der Waals surface area contributed by atoms with Gasteiger partial charge in [0.1, 0.15) is 5.82 Å². The molecule has 8 heteroatoms. The Morgan fingerprint density at radius 3 is 2.46 bits per heavy atom. The molecule has 2 aliphatic rings. The normalized spacial score (nSPS) is 17.6. The van der Waals surface area contributed by atoms with E-state index in [2.05, 4.69) is 15.9 Å². The molecular weight excluding hydrogens is 447 g/mol. The summed E-state index contributed by atoms with van der Waals surface area (Å²) in [5.74, 6) is -0.999. The molecule has 0 radical (unpaired) electrons. The van der Waals surface area contributed by atoms with Crippen molar-refractivity contribution in [1.29, 1.82) is 0 Å². The number of nitrogens with zero attached hydrogens (tertiary/aromatic N) is 2. The van der Waals surface area contributed by atoms with Gasteiger partial charge in [-0.3, -0.25) is 4.79 Å². The van der Waals surface area contributed by atoms with Gasteiger partial charge >= 0.3 is 0 Å². The Balaban J connectivity index is 1.68. The van der Waals surface area contributed by atoms with E-state index in [1.807, 2.05) is 0 Å². The third-order valence-corrected chi connectivity index (χ3v) is 7.67. The molecule has 0 unspecified atom stereocenters. The van der Waals surface area contributed by atoms with Crippen LogP contribution in [0.4, 0.5) is 10.1 Å². The largest absolute Gasteiger partial charge is 0.308 e. The minimum absolute atomic E-state index is 0.00446. The quantitative estimate of drug-likeness (QED) is 0.687. The van der Waals surface area contributed by atoms with E-state index in [1.165, 1.54) is 21.3 Å². The van der Waals surface area contributed by atoms with Crippen LogP contribution in [0.1, 0.15) is 35.2 Å². The number of carbonyl (C=O) groups excluding carboxylic acids is 1. The molecule has 1 saturated heterocycles. The fourth-order valence-electron chi connectivity index (χ4n) is 3.83. The van der Waals surface area contributed by atoms with E-state index >= 15 is 0 Å². The van der Waals surface area contributed by atoms with Gasteiger partial charge in [-0.25, -0.2) is 12.8 Å². The van der Waals surface area contributed by atoms with Gasteiger partial charge in [-0.05, 0) is 67.6 Å². The summed E-state index contributed by atoms with van der Waals surface area (Å²) in [7, 11) is -3.51. The van der Waals surface area contributed by atoms with Crippen LogP contribution in [0.25, 0.3) is 0 Å². The highest BCUT2D eigenvalue weighted by Crippen LogP contribution is 2.32. The van der Waals surface area contributed by atoms with Crippen LogP contribution < -0.4 is 4.90 Å². The zero-order valence-corrected chi connectivity index (χ0v) is 17.6. The SMILES string of the molecule is O=C(c1ccc(Br)cc1F)N1CCCc2cc(S(=O)(=O)N3CCCC3)ccc21. The highest BCUT2D eigenvalue weighted by molar-refractivity contribution is 9.10. The molecule has 2 aliphatic heterocycles. The maximum Gasteiger partial charge on any atom is 0.261 e. The van der Waals surface area contributed by atoms with Gasteiger partial charge in [0.25, 0.3) is 5.91 Å². The lowest BCUT2D eigenvalue weighted by Crippen LogP contribution is -2.36. The van der Waals surface area contributed by atoms with Crippen molar-refractivity contribution < 1.29 is 17.6 Å². The molecule has 2 heterocycles. The highest BCUT2D eigenvalue weighted by Gasteiger charge is 2.30. The van der Waals surface area contributed by atoms with E-state index in [4.69, 9.17) is 0 Å². The van der Waals surface area contributed by atoms with Crippen molar-refractivity contribution in [2.45, 2.75) is 30.6 Å². The molecule has 148 valence electrons. The van der Waals surface area contributed by atoms with Crippen LogP contribution in [0.3, 0.4) is 0 Å². The molecule has 1 fully saturated rings. The minimum Gasteiger partial charge on any atom is -0.308 e. The van der Waals surface area contributed by atoms with Crippen LogP contribution >= 0.6 is 15.9 Å². The molecule has 2 aromatic carbocycles. The molecule has 0 aromatic heterocycles. The number of hydrogen-bond acceptors (Lipinski definition) is 3. The molecule has 28 heavy (non-hydrogen) atoms. The number of benzene rings is 2. The standard InChI is InChI=1S/C20H20BrFN2O3S/c21-15-5-7-17(18(22)13-15)20(25)24-11-3-4-14-12-16(6-8-19(14)24)28(26,27)23-9-1-2-10-23/h5-8,12-13H,1-4,9-11H2. The molecule has 0 spiro atoms. The van der Waals surface area contributed by atoms with Crippen molar-refractivity contribution in [2.24, 2.45) is 0 Å². The first kappa shape index (κ1) is 19.5. The highest BCUT2D eigenvalue weighted by atomic mass is 79.9. The van der Waals surface area contributed by atoms with E-state index in [0.717, 1.165) is 18.4 Å². The van der Waals surface area contributed by atoms with Crippen molar-refractivity contribution in [2.75, 3.05) is 24.5 Å². The Hall–Kier alpha value is -1.77. The summed E-state index contributed by atoms with van der Waals surface area (Å²) >= 11 is 3.20. The number of rotatable bonds is 3. The lowest BCUT2D eigenvalue weighted by molar-refractivity contribution is 0.0981. The minimum atomic E-state index is -3.51. The van der Waals surface area contributed by atoms with Gasteiger partial charge in [0, 0.05) is 29.8 Å². The Bertz CT molecular complexity index is 1040. The summed E-state index contributed by atoms with van der Waals surface area (Å²) in [5, 5.41) is 0. The number of amides is 1. The first-order valence-electron chi connectivity index (χ1n) is 9.28. The van der Waals surface area contributed by atoms with Crippen molar-refractivity contribution in [1.82, 2.24) is 4.31 Å². The van der Waals surface area contributed by atoms with Crippen molar-refractivity contribution >= 4 is 37.5 Å². The lowest BCUT2D eigenvalue weighted by atomic mass is 10.0. The lowest BCUT2D eigenvalue weighted by Gasteiger charge is -2.30. The second-order valence-electron chi connectivity index (χ2n) is 7.09. The number of fused-ring (bicyclic) bond motifs is 1.